The largest absolute Gasteiger partial charge is 0.332 e. The molecular weight excluding hydrogens is 330 g/mol. The van der Waals surface area contributed by atoms with Crippen LogP contribution in [0, 0.1) is 11.3 Å². The number of allylic oxidation sites excluding steroid dienone is 1. The molecule has 0 unspecified atom stereocenters. The molecule has 0 amide bonds. The van der Waals surface area contributed by atoms with Gasteiger partial charge < -0.3 is 4.57 Å². The van der Waals surface area contributed by atoms with Gasteiger partial charge in [0.05, 0.1) is 6.07 Å². The van der Waals surface area contributed by atoms with Crippen LogP contribution in [0.4, 0.5) is 0 Å². The van der Waals surface area contributed by atoms with Crippen molar-refractivity contribution in [1.82, 2.24) is 18.7 Å². The molecular formula is C16H20ClN5O2. The first-order valence-electron chi connectivity index (χ1n) is 7.94. The Morgan fingerprint density at radius 1 is 1.25 bits per heavy atom. The number of nitrogens with zero attached hydrogens (tertiary/aromatic N) is 5. The smallest absolute Gasteiger partial charge is 0.305 e. The molecule has 0 saturated carbocycles. The van der Waals surface area contributed by atoms with Gasteiger partial charge in [0.2, 0.25) is 5.28 Å². The van der Waals surface area contributed by atoms with E-state index in [0.717, 1.165) is 12.8 Å². The maximum atomic E-state index is 12.8. The van der Waals surface area contributed by atoms with E-state index < -0.39 is 11.2 Å². The number of fused-ring (bicyclic) bond motifs is 1. The second kappa shape index (κ2) is 7.97. The third-order valence-corrected chi connectivity index (χ3v) is 4.07. The van der Waals surface area contributed by atoms with Gasteiger partial charge in [0.15, 0.2) is 11.2 Å². The summed E-state index contributed by atoms with van der Waals surface area (Å²) >= 11 is 6.15. The Balaban J connectivity index is 2.74. The summed E-state index contributed by atoms with van der Waals surface area (Å²) in [6.45, 7) is 6.68. The summed E-state index contributed by atoms with van der Waals surface area (Å²) < 4.78 is 4.22. The second-order valence-corrected chi connectivity index (χ2v) is 5.80. The Morgan fingerprint density at radius 2 is 1.96 bits per heavy atom. The van der Waals surface area contributed by atoms with E-state index >= 15 is 0 Å². The van der Waals surface area contributed by atoms with Crippen LogP contribution in [0.3, 0.4) is 0 Å². The second-order valence-electron chi connectivity index (χ2n) is 5.46. The predicted octanol–water partition coefficient (Wildman–Crippen LogP) is 2.30. The average Bonchev–Trinajstić information content (AvgIpc) is 2.88. The minimum Gasteiger partial charge on any atom is -0.305 e. The number of hydrogen-bond acceptors (Lipinski definition) is 4. The monoisotopic (exact) mass is 349 g/mol. The lowest BCUT2D eigenvalue weighted by Crippen LogP contribution is -2.40. The lowest BCUT2D eigenvalue weighted by molar-refractivity contribution is 0.535. The van der Waals surface area contributed by atoms with Gasteiger partial charge in [-0.2, -0.15) is 10.2 Å². The van der Waals surface area contributed by atoms with Crippen molar-refractivity contribution in [3.8, 4) is 6.07 Å². The van der Waals surface area contributed by atoms with E-state index in [1.807, 2.05) is 13.0 Å². The Kier molecular flexibility index (Phi) is 5.99. The van der Waals surface area contributed by atoms with Crippen molar-refractivity contribution in [1.29, 1.82) is 5.26 Å². The van der Waals surface area contributed by atoms with Crippen LogP contribution in [0.15, 0.2) is 22.2 Å². The molecule has 0 bridgehead atoms. The van der Waals surface area contributed by atoms with E-state index in [9.17, 15) is 9.59 Å². The third-order valence-electron chi connectivity index (χ3n) is 3.79. The van der Waals surface area contributed by atoms with Gasteiger partial charge in [0, 0.05) is 26.1 Å². The predicted molar refractivity (Wildman–Crippen MR) is 93.2 cm³/mol. The first kappa shape index (κ1) is 18.0. The van der Waals surface area contributed by atoms with Crippen molar-refractivity contribution in [2.24, 2.45) is 0 Å². The highest BCUT2D eigenvalue weighted by molar-refractivity contribution is 6.29. The van der Waals surface area contributed by atoms with Gasteiger partial charge in [-0.3, -0.25) is 13.9 Å². The standard InChI is InChI=1S/C16H20ClN5O2/c1-3-5-10-21-13-12(20(9-4-2)15(17)19-13)14(23)22(16(21)24)11-7-6-8-18/h4H,2-3,5-7,9-11H2,1H3. The number of unbranched alkanes of at least 4 members (excludes halogenated alkanes) is 2. The van der Waals surface area contributed by atoms with E-state index in [0.29, 0.717) is 30.7 Å². The first-order valence-corrected chi connectivity index (χ1v) is 8.31. The van der Waals surface area contributed by atoms with Gasteiger partial charge in [-0.15, -0.1) is 6.58 Å². The molecule has 0 saturated heterocycles. The Hall–Kier alpha value is -2.33. The molecule has 0 N–H and O–H groups in total. The van der Waals surface area contributed by atoms with Crippen LogP contribution in [-0.4, -0.2) is 18.7 Å². The number of imidazole rings is 1. The summed E-state index contributed by atoms with van der Waals surface area (Å²) in [5.41, 5.74) is -0.227. The molecule has 128 valence electrons. The van der Waals surface area contributed by atoms with Gasteiger partial charge in [0.1, 0.15) is 0 Å². The minimum absolute atomic E-state index is 0.154. The molecule has 0 aliphatic rings. The van der Waals surface area contributed by atoms with Crippen LogP contribution in [0.1, 0.15) is 32.6 Å². The molecule has 2 aromatic rings. The molecule has 0 spiro atoms. The van der Waals surface area contributed by atoms with Crippen LogP contribution in [0.2, 0.25) is 5.28 Å². The summed E-state index contributed by atoms with van der Waals surface area (Å²) in [7, 11) is 0. The summed E-state index contributed by atoms with van der Waals surface area (Å²) in [6.07, 6.45) is 4.04. The molecule has 0 fully saturated rings. The summed E-state index contributed by atoms with van der Waals surface area (Å²) in [4.78, 5) is 29.7. The minimum atomic E-state index is -0.429. The fourth-order valence-electron chi connectivity index (χ4n) is 2.59. The number of nitriles is 1. The highest BCUT2D eigenvalue weighted by atomic mass is 35.5. The molecule has 0 aliphatic carbocycles. The molecule has 7 nitrogen and oxygen atoms in total. The van der Waals surface area contributed by atoms with E-state index in [1.165, 1.54) is 9.13 Å². The van der Waals surface area contributed by atoms with Crippen molar-refractivity contribution < 1.29 is 0 Å². The maximum Gasteiger partial charge on any atom is 0.332 e. The van der Waals surface area contributed by atoms with Gasteiger partial charge in [0.25, 0.3) is 5.56 Å². The first-order chi connectivity index (χ1) is 11.6. The number of rotatable bonds is 8. The SMILES string of the molecule is C=CCn1c(Cl)nc2c1c(=O)n(CCCC#N)c(=O)n2CCCC. The quantitative estimate of drug-likeness (QED) is 0.415. The summed E-state index contributed by atoms with van der Waals surface area (Å²) in [6, 6.07) is 2.02. The summed E-state index contributed by atoms with van der Waals surface area (Å²) in [5.74, 6) is 0. The highest BCUT2D eigenvalue weighted by Crippen LogP contribution is 2.16. The fraction of sp³-hybridized carbons (Fsp3) is 0.500. The van der Waals surface area contributed by atoms with Gasteiger partial charge in [-0.05, 0) is 24.4 Å². The molecule has 0 radical (unpaired) electrons. The van der Waals surface area contributed by atoms with E-state index in [1.54, 1.807) is 10.6 Å². The zero-order valence-electron chi connectivity index (χ0n) is 13.7. The molecule has 0 atom stereocenters. The number of hydrogen-bond donors (Lipinski definition) is 0. The van der Waals surface area contributed by atoms with Crippen molar-refractivity contribution in [3.63, 3.8) is 0 Å². The van der Waals surface area contributed by atoms with Crippen LogP contribution in [0.5, 0.6) is 0 Å². The maximum absolute atomic E-state index is 12.8. The molecule has 24 heavy (non-hydrogen) atoms. The van der Waals surface area contributed by atoms with Crippen LogP contribution < -0.4 is 11.2 Å². The van der Waals surface area contributed by atoms with Gasteiger partial charge >= 0.3 is 5.69 Å². The Bertz CT molecular complexity index is 900. The zero-order chi connectivity index (χ0) is 17.7. The molecule has 0 aromatic carbocycles. The number of aromatic nitrogens is 4. The van der Waals surface area contributed by atoms with Crippen LogP contribution >= 0.6 is 11.6 Å². The van der Waals surface area contributed by atoms with Crippen molar-refractivity contribution in [2.75, 3.05) is 0 Å². The molecule has 0 aliphatic heterocycles. The van der Waals surface area contributed by atoms with E-state index in [2.05, 4.69) is 11.6 Å². The molecule has 2 heterocycles. The fourth-order valence-corrected chi connectivity index (χ4v) is 2.82. The van der Waals surface area contributed by atoms with E-state index in [4.69, 9.17) is 16.9 Å². The lowest BCUT2D eigenvalue weighted by Gasteiger charge is -2.11. The van der Waals surface area contributed by atoms with Crippen molar-refractivity contribution in [2.45, 2.75) is 52.2 Å². The van der Waals surface area contributed by atoms with Gasteiger partial charge in [-0.25, -0.2) is 4.79 Å². The third kappa shape index (κ3) is 3.29. The van der Waals surface area contributed by atoms with Crippen LogP contribution in [-0.2, 0) is 19.6 Å². The molecule has 2 rings (SSSR count). The normalized spacial score (nSPS) is 10.9. The number of aryl methyl sites for hydroxylation is 1. The number of halogens is 1. The van der Waals surface area contributed by atoms with E-state index in [-0.39, 0.29) is 18.2 Å². The Labute approximate surface area is 144 Å². The topological polar surface area (TPSA) is 85.6 Å². The lowest BCUT2D eigenvalue weighted by atomic mass is 10.3. The van der Waals surface area contributed by atoms with Crippen molar-refractivity contribution >= 4 is 22.8 Å². The van der Waals surface area contributed by atoms with Gasteiger partial charge in [-0.1, -0.05) is 19.4 Å². The summed E-state index contributed by atoms with van der Waals surface area (Å²) in [5, 5.41) is 8.83. The molecule has 2 aromatic heterocycles. The average molecular weight is 350 g/mol. The van der Waals surface area contributed by atoms with Crippen LogP contribution in [0.25, 0.3) is 11.2 Å². The Morgan fingerprint density at radius 3 is 2.58 bits per heavy atom. The van der Waals surface area contributed by atoms with Crippen molar-refractivity contribution in [3.05, 3.63) is 38.8 Å². The highest BCUT2D eigenvalue weighted by Gasteiger charge is 2.20. The molecule has 8 heteroatoms. The zero-order valence-corrected chi connectivity index (χ0v) is 14.4.